The van der Waals surface area contributed by atoms with Crippen molar-refractivity contribution in [2.24, 2.45) is 22.2 Å². The molecule has 0 spiro atoms. The predicted molar refractivity (Wildman–Crippen MR) is 156 cm³/mol. The first kappa shape index (κ1) is 29.5. The minimum atomic E-state index is -1.37. The molecule has 204 valence electrons. The summed E-state index contributed by atoms with van der Waals surface area (Å²) in [6, 6.07) is 9.05. The van der Waals surface area contributed by atoms with Gasteiger partial charge in [0.1, 0.15) is 11.2 Å². The van der Waals surface area contributed by atoms with Gasteiger partial charge in [0.25, 0.3) is 0 Å². The first-order chi connectivity index (χ1) is 17.7. The van der Waals surface area contributed by atoms with E-state index in [1.54, 1.807) is 19.1 Å². The van der Waals surface area contributed by atoms with Gasteiger partial charge in [0.15, 0.2) is 11.6 Å². The maximum Gasteiger partial charge on any atom is 0.182 e. The van der Waals surface area contributed by atoms with Crippen LogP contribution in [0.3, 0.4) is 0 Å². The zero-order chi connectivity index (χ0) is 28.5. The van der Waals surface area contributed by atoms with Crippen LogP contribution in [0.1, 0.15) is 93.1 Å². The molecule has 0 unspecified atom stereocenters. The van der Waals surface area contributed by atoms with Gasteiger partial charge in [-0.25, -0.2) is 0 Å². The van der Waals surface area contributed by atoms with Crippen LogP contribution >= 0.6 is 0 Å². The topological polar surface area (TPSA) is 78.2 Å². The Morgan fingerprint density at radius 1 is 0.947 bits per heavy atom. The maximum atomic E-state index is 14.8. The summed E-state index contributed by atoms with van der Waals surface area (Å²) in [5.74, 6) is -0.814. The number of hydrogen-bond donors (Lipinski definition) is 2. The van der Waals surface area contributed by atoms with Crippen LogP contribution in [0.25, 0.3) is 0 Å². The van der Waals surface area contributed by atoms with Crippen molar-refractivity contribution in [3.63, 3.8) is 0 Å². The van der Waals surface area contributed by atoms with Gasteiger partial charge in [-0.2, -0.15) is 0 Å². The fraction of sp³-hybridized carbons (Fsp3) is 0.500. The number of nitrogens with one attached hydrogen (secondary N) is 1. The highest BCUT2D eigenvalue weighted by atomic mass is 16.3. The monoisotopic (exact) mass is 515 g/mol. The zero-order valence-electron chi connectivity index (χ0n) is 24.5. The summed E-state index contributed by atoms with van der Waals surface area (Å²) in [6.07, 6.45) is 9.29. The molecular weight excluding hydrogens is 470 g/mol. The molecule has 4 heteroatoms. The van der Waals surface area contributed by atoms with E-state index in [4.69, 9.17) is 5.41 Å². The summed E-state index contributed by atoms with van der Waals surface area (Å²) in [6.45, 7) is 16.1. The van der Waals surface area contributed by atoms with Gasteiger partial charge in [0, 0.05) is 5.56 Å². The van der Waals surface area contributed by atoms with Crippen molar-refractivity contribution in [2.45, 2.75) is 87.5 Å². The van der Waals surface area contributed by atoms with Crippen LogP contribution in [0.5, 0.6) is 0 Å². The number of fused-ring (bicyclic) bond motifs is 2. The van der Waals surface area contributed by atoms with E-state index in [1.165, 1.54) is 11.1 Å². The molecule has 2 N–H and O–H groups in total. The molecule has 2 aliphatic rings. The minimum absolute atomic E-state index is 0.00885. The van der Waals surface area contributed by atoms with Crippen molar-refractivity contribution >= 4 is 17.3 Å². The van der Waals surface area contributed by atoms with Gasteiger partial charge in [-0.3, -0.25) is 15.0 Å². The first-order valence-electron chi connectivity index (χ1n) is 13.8. The largest absolute Gasteiger partial charge is 0.510 e. The third-order valence-corrected chi connectivity index (χ3v) is 8.95. The summed E-state index contributed by atoms with van der Waals surface area (Å²) < 4.78 is 0. The van der Waals surface area contributed by atoms with Crippen LogP contribution in [0.2, 0.25) is 0 Å². The highest BCUT2D eigenvalue weighted by molar-refractivity contribution is 6.35. The number of carbonyl (C=O) groups excluding carboxylic acids is 2. The second-order valence-electron chi connectivity index (χ2n) is 12.5. The zero-order valence-corrected chi connectivity index (χ0v) is 24.5. The molecule has 1 aromatic carbocycles. The molecule has 0 amide bonds. The standard InChI is InChI=1S/C34H45NO3/c1-22(2)13-12-19-33(8)26(17-16-23(3)4)21-32(7)29(36)27(28(35)25-14-10-9-11-15-25)30(37)34(33,31(32)38)20-18-24(5)6/h9-11,13-16,18,26,35-36H,12,17,19-21H2,1-8H3/t26-,32-,33+,34+/m0/s1. The molecule has 38 heavy (non-hydrogen) atoms. The third-order valence-electron chi connectivity index (χ3n) is 8.95. The SMILES string of the molecule is CC(C)=CCC[C@]1(C)[C@@H](CC=C(C)C)C[C@]2(C)C(=O)[C@@]1(CC=C(C)C)C(=O)C(C(=N)c1ccccc1)=C2O. The summed E-state index contributed by atoms with van der Waals surface area (Å²) in [5.41, 5.74) is 0.747. The van der Waals surface area contributed by atoms with Crippen LogP contribution in [-0.4, -0.2) is 22.4 Å². The molecule has 1 saturated carbocycles. The number of aliphatic hydroxyl groups excluding tert-OH is 1. The molecule has 4 atom stereocenters. The second kappa shape index (κ2) is 11.0. The summed E-state index contributed by atoms with van der Waals surface area (Å²) in [7, 11) is 0. The average molecular weight is 516 g/mol. The van der Waals surface area contributed by atoms with Gasteiger partial charge in [0.2, 0.25) is 0 Å². The van der Waals surface area contributed by atoms with Crippen molar-refractivity contribution in [2.75, 3.05) is 0 Å². The lowest BCUT2D eigenvalue weighted by atomic mass is 9.39. The van der Waals surface area contributed by atoms with Crippen LogP contribution < -0.4 is 0 Å². The molecule has 1 fully saturated rings. The van der Waals surface area contributed by atoms with Crippen LogP contribution in [0.4, 0.5) is 0 Å². The quantitative estimate of drug-likeness (QED) is 0.197. The summed E-state index contributed by atoms with van der Waals surface area (Å²) in [5, 5.41) is 20.7. The molecule has 4 nitrogen and oxygen atoms in total. The van der Waals surface area contributed by atoms with E-state index in [0.29, 0.717) is 18.4 Å². The maximum absolute atomic E-state index is 14.8. The molecule has 3 rings (SSSR count). The fourth-order valence-electron chi connectivity index (χ4n) is 6.61. The Morgan fingerprint density at radius 3 is 2.08 bits per heavy atom. The van der Waals surface area contributed by atoms with E-state index >= 15 is 0 Å². The van der Waals surface area contributed by atoms with Gasteiger partial charge >= 0.3 is 0 Å². The number of allylic oxidation sites excluding steroid dienone is 8. The molecule has 0 aliphatic heterocycles. The van der Waals surface area contributed by atoms with Crippen molar-refractivity contribution in [3.8, 4) is 0 Å². The van der Waals surface area contributed by atoms with Crippen molar-refractivity contribution in [1.82, 2.24) is 0 Å². The minimum Gasteiger partial charge on any atom is -0.510 e. The van der Waals surface area contributed by atoms with E-state index in [9.17, 15) is 14.7 Å². The molecule has 0 saturated heterocycles. The van der Waals surface area contributed by atoms with Crippen LogP contribution in [0, 0.1) is 27.6 Å². The van der Waals surface area contributed by atoms with Crippen molar-refractivity contribution in [1.29, 1.82) is 5.41 Å². The van der Waals surface area contributed by atoms with Crippen molar-refractivity contribution < 1.29 is 14.7 Å². The van der Waals surface area contributed by atoms with Gasteiger partial charge in [-0.05, 0) is 91.9 Å². The number of benzene rings is 1. The lowest BCUT2D eigenvalue weighted by Crippen LogP contribution is -2.67. The lowest BCUT2D eigenvalue weighted by molar-refractivity contribution is -0.172. The number of hydrogen-bond acceptors (Lipinski definition) is 4. The molecule has 1 aromatic rings. The molecule has 0 radical (unpaired) electrons. The molecule has 0 aromatic heterocycles. The van der Waals surface area contributed by atoms with Gasteiger partial charge < -0.3 is 5.11 Å². The predicted octanol–water partition coefficient (Wildman–Crippen LogP) is 8.50. The number of Topliss-reactive ketones (excluding diaryl/α,β-unsaturated/α-hetero) is 2. The number of rotatable bonds is 9. The Hall–Kier alpha value is -3.01. The summed E-state index contributed by atoms with van der Waals surface area (Å²) >= 11 is 0. The number of carbonyl (C=O) groups is 2. The number of aliphatic hydroxyl groups is 1. The highest BCUT2D eigenvalue weighted by Gasteiger charge is 2.71. The summed E-state index contributed by atoms with van der Waals surface area (Å²) in [4.78, 5) is 29.4. The highest BCUT2D eigenvalue weighted by Crippen LogP contribution is 2.66. The van der Waals surface area contributed by atoms with E-state index in [1.807, 2.05) is 38.1 Å². The van der Waals surface area contributed by atoms with Crippen LogP contribution in [0.15, 0.2) is 76.6 Å². The Kier molecular flexibility index (Phi) is 8.55. The average Bonchev–Trinajstić information content (AvgIpc) is 2.85. The smallest absolute Gasteiger partial charge is 0.182 e. The second-order valence-corrected chi connectivity index (χ2v) is 12.5. The lowest BCUT2D eigenvalue weighted by Gasteiger charge is -2.61. The van der Waals surface area contributed by atoms with E-state index in [-0.39, 0.29) is 35.2 Å². The van der Waals surface area contributed by atoms with Gasteiger partial charge in [-0.15, -0.1) is 0 Å². The Balaban J connectivity index is 2.36. The Bertz CT molecular complexity index is 1240. The van der Waals surface area contributed by atoms with Gasteiger partial charge in [0.05, 0.1) is 16.7 Å². The molecular formula is C34H45NO3. The molecule has 2 bridgehead atoms. The van der Waals surface area contributed by atoms with Gasteiger partial charge in [-0.1, -0.05) is 72.2 Å². The number of ketones is 2. The fourth-order valence-corrected chi connectivity index (χ4v) is 6.61. The first-order valence-corrected chi connectivity index (χ1v) is 13.8. The molecule has 2 aliphatic carbocycles. The Labute approximate surface area is 229 Å². The van der Waals surface area contributed by atoms with Crippen LogP contribution in [-0.2, 0) is 9.59 Å². The van der Waals surface area contributed by atoms with E-state index in [2.05, 4.69) is 46.8 Å². The van der Waals surface area contributed by atoms with Crippen molar-refractivity contribution in [3.05, 3.63) is 82.2 Å². The third kappa shape index (κ3) is 4.90. The van der Waals surface area contributed by atoms with E-state index < -0.39 is 22.0 Å². The van der Waals surface area contributed by atoms with E-state index in [0.717, 1.165) is 18.4 Å². The Morgan fingerprint density at radius 2 is 1.53 bits per heavy atom. The molecule has 0 heterocycles. The normalized spacial score (nSPS) is 28.6.